The molecule has 0 saturated heterocycles. The first-order chi connectivity index (χ1) is 7.63. The number of nitrogens with zero attached hydrogens (tertiary/aromatic N) is 1. The Balaban J connectivity index is 2.39. The van der Waals surface area contributed by atoms with Gasteiger partial charge >= 0.3 is 5.97 Å². The first kappa shape index (κ1) is 11.0. The van der Waals surface area contributed by atoms with Crippen LogP contribution in [0, 0.1) is 0 Å². The molecule has 0 aliphatic carbocycles. The number of hydrogen-bond acceptors (Lipinski definition) is 2. The van der Waals surface area contributed by atoms with Crippen LogP contribution in [-0.2, 0) is 0 Å². The molecule has 0 spiro atoms. The summed E-state index contributed by atoms with van der Waals surface area (Å²) in [6.45, 7) is 3.17. The molecule has 16 heavy (non-hydrogen) atoms. The fourth-order valence-corrected chi connectivity index (χ4v) is 2.48. The Morgan fingerprint density at radius 1 is 1.56 bits per heavy atom. The molecule has 0 fully saturated rings. The number of benzene rings is 1. The average Bonchev–Trinajstić information content (AvgIpc) is 2.56. The average molecular weight is 219 g/mol. The van der Waals surface area contributed by atoms with E-state index in [4.69, 9.17) is 5.11 Å². The Labute approximate surface area is 95.7 Å². The van der Waals surface area contributed by atoms with Gasteiger partial charge in [-0.3, -0.25) is 0 Å². The lowest BCUT2D eigenvalue weighted by molar-refractivity contribution is 0.0697. The van der Waals surface area contributed by atoms with Gasteiger partial charge in [-0.1, -0.05) is 13.3 Å². The van der Waals surface area contributed by atoms with Gasteiger partial charge in [0.25, 0.3) is 0 Å². The Kier molecular flexibility index (Phi) is 2.86. The van der Waals surface area contributed by atoms with Gasteiger partial charge in [-0.05, 0) is 30.2 Å². The maximum absolute atomic E-state index is 10.9. The van der Waals surface area contributed by atoms with Crippen LogP contribution in [0.5, 0.6) is 0 Å². The lowest BCUT2D eigenvalue weighted by Crippen LogP contribution is -2.15. The second-order valence-corrected chi connectivity index (χ2v) is 4.44. The van der Waals surface area contributed by atoms with E-state index in [0.717, 1.165) is 19.4 Å². The predicted octanol–water partition coefficient (Wildman–Crippen LogP) is 2.72. The van der Waals surface area contributed by atoms with Gasteiger partial charge in [-0.2, -0.15) is 0 Å². The van der Waals surface area contributed by atoms with E-state index in [9.17, 15) is 4.79 Å². The number of aromatic carboxylic acids is 1. The number of likely N-dealkylation sites (N-methyl/N-ethyl adjacent to an activating group) is 1. The highest BCUT2D eigenvalue weighted by Crippen LogP contribution is 2.38. The Bertz CT molecular complexity index is 414. The molecular formula is C13H17NO2. The summed E-state index contributed by atoms with van der Waals surface area (Å²) in [5.74, 6) is -0.350. The summed E-state index contributed by atoms with van der Waals surface area (Å²) < 4.78 is 0. The maximum atomic E-state index is 10.9. The second-order valence-electron chi connectivity index (χ2n) is 4.44. The SMILES string of the molecule is CCCC1CN(C)c2ccc(C(=O)O)cc21. The zero-order chi connectivity index (χ0) is 11.7. The Morgan fingerprint density at radius 2 is 2.31 bits per heavy atom. The molecule has 0 amide bonds. The number of hydrogen-bond donors (Lipinski definition) is 1. The van der Waals surface area contributed by atoms with Crippen LogP contribution in [0.4, 0.5) is 5.69 Å². The molecule has 0 bridgehead atoms. The molecule has 1 aliphatic rings. The number of carboxylic acids is 1. The van der Waals surface area contributed by atoms with Gasteiger partial charge in [0.1, 0.15) is 0 Å². The quantitative estimate of drug-likeness (QED) is 0.849. The van der Waals surface area contributed by atoms with E-state index in [1.54, 1.807) is 6.07 Å². The Hall–Kier alpha value is -1.51. The molecular weight excluding hydrogens is 202 g/mol. The molecule has 86 valence electrons. The second kappa shape index (κ2) is 4.16. The standard InChI is InChI=1S/C13H17NO2/c1-3-4-10-8-14(2)12-6-5-9(13(15)16)7-11(10)12/h5-7,10H,3-4,8H2,1-2H3,(H,15,16). The number of rotatable bonds is 3. The smallest absolute Gasteiger partial charge is 0.335 e. The van der Waals surface area contributed by atoms with Crippen LogP contribution in [0.3, 0.4) is 0 Å². The van der Waals surface area contributed by atoms with Crippen molar-refractivity contribution in [1.29, 1.82) is 0 Å². The molecule has 0 aromatic heterocycles. The fraction of sp³-hybridized carbons (Fsp3) is 0.462. The van der Waals surface area contributed by atoms with Crippen LogP contribution in [0.2, 0.25) is 0 Å². The zero-order valence-electron chi connectivity index (χ0n) is 9.73. The summed E-state index contributed by atoms with van der Waals surface area (Å²) in [7, 11) is 2.06. The van der Waals surface area contributed by atoms with E-state index in [2.05, 4.69) is 18.9 Å². The number of anilines is 1. The van der Waals surface area contributed by atoms with Crippen LogP contribution in [0.25, 0.3) is 0 Å². The van der Waals surface area contributed by atoms with Crippen LogP contribution in [-0.4, -0.2) is 24.7 Å². The molecule has 0 saturated carbocycles. The molecule has 1 aliphatic heterocycles. The third kappa shape index (κ3) is 1.77. The first-order valence-electron chi connectivity index (χ1n) is 5.72. The number of fused-ring (bicyclic) bond motifs is 1. The lowest BCUT2D eigenvalue weighted by Gasteiger charge is -2.11. The maximum Gasteiger partial charge on any atom is 0.335 e. The van der Waals surface area contributed by atoms with E-state index < -0.39 is 5.97 Å². The third-order valence-electron chi connectivity index (χ3n) is 3.26. The van der Waals surface area contributed by atoms with E-state index >= 15 is 0 Å². The van der Waals surface area contributed by atoms with E-state index in [1.165, 1.54) is 11.3 Å². The summed E-state index contributed by atoms with van der Waals surface area (Å²) in [6, 6.07) is 5.45. The molecule has 0 radical (unpaired) electrons. The summed E-state index contributed by atoms with van der Waals surface area (Å²) in [6.07, 6.45) is 2.26. The largest absolute Gasteiger partial charge is 0.478 e. The van der Waals surface area contributed by atoms with Crippen molar-refractivity contribution in [3.05, 3.63) is 29.3 Å². The number of carbonyl (C=O) groups is 1. The molecule has 3 nitrogen and oxygen atoms in total. The van der Waals surface area contributed by atoms with E-state index in [-0.39, 0.29) is 0 Å². The van der Waals surface area contributed by atoms with Crippen molar-refractivity contribution >= 4 is 11.7 Å². The van der Waals surface area contributed by atoms with Crippen molar-refractivity contribution in [1.82, 2.24) is 0 Å². The van der Waals surface area contributed by atoms with Crippen LogP contribution in [0.15, 0.2) is 18.2 Å². The van der Waals surface area contributed by atoms with E-state index in [1.807, 2.05) is 12.1 Å². The van der Waals surface area contributed by atoms with Crippen molar-refractivity contribution in [2.75, 3.05) is 18.5 Å². The highest BCUT2D eigenvalue weighted by atomic mass is 16.4. The topological polar surface area (TPSA) is 40.5 Å². The van der Waals surface area contributed by atoms with Crippen molar-refractivity contribution in [3.8, 4) is 0 Å². The Morgan fingerprint density at radius 3 is 2.94 bits per heavy atom. The molecule has 1 aromatic rings. The van der Waals surface area contributed by atoms with Gasteiger partial charge in [-0.25, -0.2) is 4.79 Å². The first-order valence-corrected chi connectivity index (χ1v) is 5.72. The lowest BCUT2D eigenvalue weighted by atomic mass is 9.95. The molecule has 1 N–H and O–H groups in total. The monoisotopic (exact) mass is 219 g/mol. The summed E-state index contributed by atoms with van der Waals surface area (Å²) >= 11 is 0. The van der Waals surface area contributed by atoms with Crippen LogP contribution < -0.4 is 4.90 Å². The van der Waals surface area contributed by atoms with Gasteiger partial charge in [0.05, 0.1) is 5.56 Å². The fourth-order valence-electron chi connectivity index (χ4n) is 2.48. The summed E-state index contributed by atoms with van der Waals surface area (Å²) in [5.41, 5.74) is 2.78. The molecule has 3 heteroatoms. The van der Waals surface area contributed by atoms with Crippen molar-refractivity contribution in [2.45, 2.75) is 25.7 Å². The van der Waals surface area contributed by atoms with Crippen molar-refractivity contribution in [2.24, 2.45) is 0 Å². The van der Waals surface area contributed by atoms with E-state index in [0.29, 0.717) is 11.5 Å². The predicted molar refractivity (Wildman–Crippen MR) is 64.3 cm³/mol. The molecule has 1 atom stereocenters. The zero-order valence-corrected chi connectivity index (χ0v) is 9.73. The third-order valence-corrected chi connectivity index (χ3v) is 3.26. The normalized spacial score (nSPS) is 18.6. The number of carboxylic acid groups (broad SMARTS) is 1. The van der Waals surface area contributed by atoms with Gasteiger partial charge in [0, 0.05) is 25.2 Å². The molecule has 1 unspecified atom stereocenters. The van der Waals surface area contributed by atoms with Crippen LogP contribution >= 0.6 is 0 Å². The van der Waals surface area contributed by atoms with Gasteiger partial charge in [0.15, 0.2) is 0 Å². The van der Waals surface area contributed by atoms with Gasteiger partial charge in [0.2, 0.25) is 0 Å². The van der Waals surface area contributed by atoms with Gasteiger partial charge in [-0.15, -0.1) is 0 Å². The summed E-state index contributed by atoms with van der Waals surface area (Å²) in [5, 5.41) is 8.98. The summed E-state index contributed by atoms with van der Waals surface area (Å²) in [4.78, 5) is 13.1. The minimum atomic E-state index is -0.840. The highest BCUT2D eigenvalue weighted by Gasteiger charge is 2.26. The highest BCUT2D eigenvalue weighted by molar-refractivity contribution is 5.89. The molecule has 1 heterocycles. The molecule has 2 rings (SSSR count). The molecule has 1 aromatic carbocycles. The van der Waals surface area contributed by atoms with Crippen LogP contribution in [0.1, 0.15) is 41.6 Å². The minimum Gasteiger partial charge on any atom is -0.478 e. The van der Waals surface area contributed by atoms with Crippen molar-refractivity contribution < 1.29 is 9.90 Å². The van der Waals surface area contributed by atoms with Crippen molar-refractivity contribution in [3.63, 3.8) is 0 Å². The minimum absolute atomic E-state index is 0.398. The van der Waals surface area contributed by atoms with Gasteiger partial charge < -0.3 is 10.0 Å².